The zero-order valence-electron chi connectivity index (χ0n) is 13.8. The van der Waals surface area contributed by atoms with Crippen LogP contribution in [0.2, 0.25) is 0 Å². The molecule has 3 nitrogen and oxygen atoms in total. The van der Waals surface area contributed by atoms with Crippen molar-refractivity contribution in [2.75, 3.05) is 12.4 Å². The number of halogens is 4. The van der Waals surface area contributed by atoms with Gasteiger partial charge in [-0.1, -0.05) is 24.3 Å². The molecule has 2 aromatic rings. The molecule has 0 unspecified atom stereocenters. The van der Waals surface area contributed by atoms with Crippen LogP contribution in [0, 0.1) is 5.82 Å². The Morgan fingerprint density at radius 3 is 2.28 bits per heavy atom. The first kappa shape index (κ1) is 18.9. The summed E-state index contributed by atoms with van der Waals surface area (Å²) in [4.78, 5) is 13.9. The molecule has 2 rings (SSSR count). The number of anilines is 1. The summed E-state index contributed by atoms with van der Waals surface area (Å²) in [5, 5.41) is 2.50. The second-order valence-corrected chi connectivity index (χ2v) is 5.75. The number of likely N-dealkylation sites (N-methyl/N-ethyl adjacent to an activating group) is 1. The van der Waals surface area contributed by atoms with E-state index in [9.17, 15) is 22.4 Å². The summed E-state index contributed by atoms with van der Waals surface area (Å²) in [7, 11) is 1.67. The van der Waals surface area contributed by atoms with Gasteiger partial charge in [0.2, 0.25) is 5.91 Å². The van der Waals surface area contributed by atoms with Gasteiger partial charge in [0.25, 0.3) is 0 Å². The van der Waals surface area contributed by atoms with Crippen LogP contribution in [-0.4, -0.2) is 23.9 Å². The molecule has 0 aliphatic rings. The molecule has 7 heteroatoms. The number of amides is 1. The van der Waals surface area contributed by atoms with E-state index < -0.39 is 29.5 Å². The van der Waals surface area contributed by atoms with Gasteiger partial charge in [0.15, 0.2) is 0 Å². The number of rotatable bonds is 5. The minimum absolute atomic E-state index is 0.0854. The van der Waals surface area contributed by atoms with E-state index in [0.29, 0.717) is 5.56 Å². The lowest BCUT2D eigenvalue weighted by atomic mass is 10.1. The Balaban J connectivity index is 1.98. The highest BCUT2D eigenvalue weighted by molar-refractivity contribution is 5.94. The first-order chi connectivity index (χ1) is 11.7. The van der Waals surface area contributed by atoms with Crippen LogP contribution in [0.15, 0.2) is 48.5 Å². The smallest absolute Gasteiger partial charge is 0.322 e. The molecule has 0 spiro atoms. The third kappa shape index (κ3) is 5.03. The van der Waals surface area contributed by atoms with Gasteiger partial charge in [0.1, 0.15) is 5.82 Å². The van der Waals surface area contributed by atoms with Gasteiger partial charge in [-0.25, -0.2) is 4.39 Å². The fourth-order valence-electron chi connectivity index (χ4n) is 2.22. The lowest BCUT2D eigenvalue weighted by Gasteiger charge is -2.24. The van der Waals surface area contributed by atoms with Crippen LogP contribution in [0.5, 0.6) is 0 Å². The summed E-state index contributed by atoms with van der Waals surface area (Å²) >= 11 is 0. The number of hydrogen-bond donors (Lipinski definition) is 1. The molecule has 1 amide bonds. The van der Waals surface area contributed by atoms with Crippen molar-refractivity contribution in [2.24, 2.45) is 0 Å². The maximum atomic E-state index is 13.6. The Labute approximate surface area is 143 Å². The first-order valence-electron chi connectivity index (χ1n) is 7.60. The number of para-hydroxylation sites is 1. The summed E-state index contributed by atoms with van der Waals surface area (Å²) in [5.74, 6) is -0.937. The van der Waals surface area contributed by atoms with Crippen molar-refractivity contribution < 1.29 is 22.4 Å². The Morgan fingerprint density at radius 1 is 1.12 bits per heavy atom. The molecule has 0 aromatic heterocycles. The molecule has 0 saturated carbocycles. The predicted octanol–water partition coefficient (Wildman–Crippen LogP) is 4.30. The van der Waals surface area contributed by atoms with Crippen molar-refractivity contribution in [3.63, 3.8) is 0 Å². The predicted molar refractivity (Wildman–Crippen MR) is 87.4 cm³/mol. The van der Waals surface area contributed by atoms with E-state index >= 15 is 0 Å². The summed E-state index contributed by atoms with van der Waals surface area (Å²) < 4.78 is 51.3. The zero-order chi connectivity index (χ0) is 18.6. The number of carbonyl (C=O) groups is 1. The van der Waals surface area contributed by atoms with Crippen LogP contribution in [-0.2, 0) is 17.5 Å². The highest BCUT2D eigenvalue weighted by Gasteiger charge is 2.30. The summed E-state index contributed by atoms with van der Waals surface area (Å²) in [5.41, 5.74) is 0.00701. The third-order valence-electron chi connectivity index (χ3n) is 3.89. The average molecular weight is 354 g/mol. The molecule has 134 valence electrons. The quantitative estimate of drug-likeness (QED) is 0.812. The molecule has 0 heterocycles. The number of carbonyl (C=O) groups excluding carboxylic acids is 1. The lowest BCUT2D eigenvalue weighted by Crippen LogP contribution is -2.39. The van der Waals surface area contributed by atoms with Crippen molar-refractivity contribution in [1.82, 2.24) is 4.90 Å². The Kier molecular flexibility index (Phi) is 5.79. The standard InChI is InChI=1S/C18H18F4N2O/c1-12(17(25)23-16-6-4-3-5-15(16)19)24(2)11-13-7-9-14(10-8-13)18(20,21)22/h3-10,12H,11H2,1-2H3,(H,23,25)/t12-/m1/s1. The second kappa shape index (κ2) is 7.65. The normalized spacial score (nSPS) is 12.9. The Bertz CT molecular complexity index is 729. The number of alkyl halides is 3. The molecule has 1 N–H and O–H groups in total. The molecular formula is C18H18F4N2O. The Morgan fingerprint density at radius 2 is 1.72 bits per heavy atom. The highest BCUT2D eigenvalue weighted by Crippen LogP contribution is 2.29. The van der Waals surface area contributed by atoms with E-state index in [1.165, 1.54) is 30.3 Å². The number of nitrogens with zero attached hydrogens (tertiary/aromatic N) is 1. The minimum atomic E-state index is -4.38. The fourth-order valence-corrected chi connectivity index (χ4v) is 2.22. The van der Waals surface area contributed by atoms with Crippen LogP contribution in [0.25, 0.3) is 0 Å². The van der Waals surface area contributed by atoms with Gasteiger partial charge in [-0.15, -0.1) is 0 Å². The van der Waals surface area contributed by atoms with Gasteiger partial charge in [-0.3, -0.25) is 9.69 Å². The molecule has 0 radical (unpaired) electrons. The number of benzene rings is 2. The second-order valence-electron chi connectivity index (χ2n) is 5.75. The topological polar surface area (TPSA) is 32.3 Å². The fraction of sp³-hybridized carbons (Fsp3) is 0.278. The van der Waals surface area contributed by atoms with Gasteiger partial charge in [-0.05, 0) is 43.8 Å². The highest BCUT2D eigenvalue weighted by atomic mass is 19.4. The molecule has 0 bridgehead atoms. The van der Waals surface area contributed by atoms with Crippen LogP contribution < -0.4 is 5.32 Å². The molecule has 0 saturated heterocycles. The van der Waals surface area contributed by atoms with E-state index in [0.717, 1.165) is 12.1 Å². The maximum Gasteiger partial charge on any atom is 0.416 e. The Hall–Kier alpha value is -2.41. The number of nitrogens with one attached hydrogen (secondary N) is 1. The van der Waals surface area contributed by atoms with Crippen LogP contribution in [0.3, 0.4) is 0 Å². The summed E-state index contributed by atoms with van der Waals surface area (Å²) in [6, 6.07) is 9.99. The zero-order valence-corrected chi connectivity index (χ0v) is 13.8. The monoisotopic (exact) mass is 354 g/mol. The van der Waals surface area contributed by atoms with E-state index in [-0.39, 0.29) is 12.2 Å². The van der Waals surface area contributed by atoms with Crippen LogP contribution in [0.1, 0.15) is 18.1 Å². The SMILES string of the molecule is C[C@H](C(=O)Nc1ccccc1F)N(C)Cc1ccc(C(F)(F)F)cc1. The van der Waals surface area contributed by atoms with E-state index in [4.69, 9.17) is 0 Å². The largest absolute Gasteiger partial charge is 0.416 e. The van der Waals surface area contributed by atoms with Crippen molar-refractivity contribution >= 4 is 11.6 Å². The molecule has 0 aliphatic heterocycles. The van der Waals surface area contributed by atoms with Gasteiger partial charge in [0, 0.05) is 6.54 Å². The van der Waals surface area contributed by atoms with Crippen molar-refractivity contribution in [2.45, 2.75) is 25.7 Å². The maximum absolute atomic E-state index is 13.6. The molecular weight excluding hydrogens is 336 g/mol. The van der Waals surface area contributed by atoms with E-state index in [1.54, 1.807) is 24.9 Å². The summed E-state index contributed by atoms with van der Waals surface area (Å²) in [6.07, 6.45) is -4.38. The average Bonchev–Trinajstić information content (AvgIpc) is 2.55. The first-order valence-corrected chi connectivity index (χ1v) is 7.60. The molecule has 0 fully saturated rings. The third-order valence-corrected chi connectivity index (χ3v) is 3.89. The van der Waals surface area contributed by atoms with Gasteiger partial charge in [-0.2, -0.15) is 13.2 Å². The van der Waals surface area contributed by atoms with Crippen LogP contribution >= 0.6 is 0 Å². The van der Waals surface area contributed by atoms with E-state index in [2.05, 4.69) is 5.32 Å². The molecule has 25 heavy (non-hydrogen) atoms. The number of hydrogen-bond acceptors (Lipinski definition) is 2. The molecule has 0 aliphatic carbocycles. The van der Waals surface area contributed by atoms with Gasteiger partial charge < -0.3 is 5.32 Å². The van der Waals surface area contributed by atoms with Gasteiger partial charge in [0.05, 0.1) is 17.3 Å². The molecule has 1 atom stereocenters. The van der Waals surface area contributed by atoms with Crippen molar-refractivity contribution in [1.29, 1.82) is 0 Å². The molecule has 2 aromatic carbocycles. The summed E-state index contributed by atoms with van der Waals surface area (Å²) in [6.45, 7) is 1.92. The van der Waals surface area contributed by atoms with Crippen LogP contribution in [0.4, 0.5) is 23.2 Å². The van der Waals surface area contributed by atoms with Gasteiger partial charge >= 0.3 is 6.18 Å². The minimum Gasteiger partial charge on any atom is -0.322 e. The van der Waals surface area contributed by atoms with E-state index in [1.807, 2.05) is 0 Å². The van der Waals surface area contributed by atoms with Crippen molar-refractivity contribution in [3.8, 4) is 0 Å². The lowest BCUT2D eigenvalue weighted by molar-refractivity contribution is -0.137. The van der Waals surface area contributed by atoms with Crippen molar-refractivity contribution in [3.05, 3.63) is 65.5 Å².